The molecule has 7 aromatic carbocycles. The van der Waals surface area contributed by atoms with Crippen LogP contribution in [0.15, 0.2) is 201 Å². The van der Waals surface area contributed by atoms with Crippen LogP contribution in [0.3, 0.4) is 0 Å². The van der Waals surface area contributed by atoms with E-state index in [1.807, 2.05) is 146 Å². The number of fused-ring (bicyclic) bond motifs is 2. The molecule has 18 nitrogen and oxygen atoms in total. The molecule has 0 bridgehead atoms. The molecule has 11 aromatic rings. The Labute approximate surface area is 470 Å². The van der Waals surface area contributed by atoms with E-state index in [0.29, 0.717) is 132 Å². The van der Waals surface area contributed by atoms with Gasteiger partial charge in [-0.15, -0.1) is 10.2 Å². The Kier molecular flexibility index (Phi) is 17.0. The maximum Gasteiger partial charge on any atom is 0.235 e. The fourth-order valence-corrected chi connectivity index (χ4v) is 9.01. The minimum Gasteiger partial charge on any atom is -0.497 e. The van der Waals surface area contributed by atoms with E-state index in [2.05, 4.69) is 20.6 Å². The van der Waals surface area contributed by atoms with Crippen molar-refractivity contribution in [2.75, 3.05) is 53.9 Å². The number of hydrogen-bond acceptors (Lipinski definition) is 16. The molecule has 0 aliphatic carbocycles. The predicted octanol–water partition coefficient (Wildman–Crippen LogP) is 11.1. The maximum atomic E-state index is 13.7. The van der Waals surface area contributed by atoms with Crippen LogP contribution in [0.25, 0.3) is 67.1 Å². The van der Waals surface area contributed by atoms with E-state index in [1.54, 1.807) is 60.0 Å². The molecule has 4 heterocycles. The summed E-state index contributed by atoms with van der Waals surface area (Å²) in [7, 11) is 3.21. The van der Waals surface area contributed by atoms with E-state index >= 15 is 0 Å². The number of methoxy groups -OCH3 is 2. The van der Waals surface area contributed by atoms with Crippen LogP contribution in [0, 0.1) is 0 Å². The number of hydrogen-bond donors (Lipinski definition) is 0. The topological polar surface area (TPSA) is 196 Å². The molecule has 0 aliphatic rings. The van der Waals surface area contributed by atoms with Gasteiger partial charge in [0.2, 0.25) is 22.4 Å². The Hall–Kier alpha value is -10.0. The van der Waals surface area contributed by atoms with Gasteiger partial charge in [0.05, 0.1) is 76.9 Å². The molecule has 18 heteroatoms. The molecule has 0 saturated heterocycles. The van der Waals surface area contributed by atoms with Gasteiger partial charge in [0.1, 0.15) is 72.0 Å². The second-order valence-electron chi connectivity index (χ2n) is 18.7. The van der Waals surface area contributed by atoms with Crippen molar-refractivity contribution in [3.63, 3.8) is 0 Å². The highest BCUT2D eigenvalue weighted by atomic mass is 16.5. The number of rotatable bonds is 26. The molecule has 11 rings (SSSR count). The molecule has 0 N–H and O–H groups in total. The Morgan fingerprint density at radius 1 is 0.415 bits per heavy atom. The number of aromatic nitrogens is 6. The Morgan fingerprint density at radius 2 is 0.854 bits per heavy atom. The van der Waals surface area contributed by atoms with Gasteiger partial charge in [-0.2, -0.15) is 0 Å². The molecule has 0 radical (unpaired) electrons. The molecule has 82 heavy (non-hydrogen) atoms. The number of para-hydroxylation sites is 2. The number of ether oxygens (including phenoxy) is 8. The van der Waals surface area contributed by atoms with Gasteiger partial charge in [0, 0.05) is 22.3 Å². The summed E-state index contributed by atoms with van der Waals surface area (Å²) in [6, 6.07) is 51.7. The summed E-state index contributed by atoms with van der Waals surface area (Å²) in [6.07, 6.45) is 3.76. The monoisotopic (exact) mass is 1100 g/mol. The van der Waals surface area contributed by atoms with Crippen LogP contribution in [0.1, 0.15) is 11.1 Å². The van der Waals surface area contributed by atoms with Crippen LogP contribution < -0.4 is 39.3 Å². The molecule has 0 atom stereocenters. The molecule has 0 amide bonds. The van der Waals surface area contributed by atoms with Crippen molar-refractivity contribution in [1.29, 1.82) is 0 Å². The van der Waals surface area contributed by atoms with Crippen LogP contribution in [-0.4, -0.2) is 83.8 Å². The van der Waals surface area contributed by atoms with E-state index in [-0.39, 0.29) is 35.6 Å². The van der Waals surface area contributed by atoms with E-state index in [4.69, 9.17) is 46.7 Å². The average Bonchev–Trinajstić information content (AvgIpc) is 4.36. The fourth-order valence-electron chi connectivity index (χ4n) is 9.01. The molecule has 414 valence electrons. The summed E-state index contributed by atoms with van der Waals surface area (Å²) in [5, 5.41) is 18.3. The molecule has 0 aliphatic heterocycles. The van der Waals surface area contributed by atoms with Crippen molar-refractivity contribution >= 4 is 21.9 Å². The van der Waals surface area contributed by atoms with Gasteiger partial charge in [0.15, 0.2) is 11.5 Å². The quantitative estimate of drug-likeness (QED) is 0.0464. The van der Waals surface area contributed by atoms with Crippen molar-refractivity contribution in [1.82, 2.24) is 30.0 Å². The van der Waals surface area contributed by atoms with E-state index in [9.17, 15) is 9.59 Å². The van der Waals surface area contributed by atoms with Gasteiger partial charge >= 0.3 is 0 Å². The van der Waals surface area contributed by atoms with Crippen molar-refractivity contribution in [3.05, 3.63) is 214 Å². The lowest BCUT2D eigenvalue weighted by atomic mass is 10.1. The predicted molar refractivity (Wildman–Crippen MR) is 308 cm³/mol. The maximum absolute atomic E-state index is 13.7. The van der Waals surface area contributed by atoms with Gasteiger partial charge in [-0.05, 0) is 114 Å². The summed E-state index contributed by atoms with van der Waals surface area (Å²) < 4.78 is 62.7. The molecular weight excluding hydrogens is 1040 g/mol. The third-order valence-corrected chi connectivity index (χ3v) is 13.2. The van der Waals surface area contributed by atoms with Crippen LogP contribution in [0.2, 0.25) is 0 Å². The Bertz CT molecular complexity index is 3800. The lowest BCUT2D eigenvalue weighted by Gasteiger charge is -2.13. The summed E-state index contributed by atoms with van der Waals surface area (Å²) in [5.74, 6) is 3.57. The van der Waals surface area contributed by atoms with Crippen LogP contribution in [-0.2, 0) is 35.8 Å². The minimum absolute atomic E-state index is 0.126. The number of nitrogens with zero attached hydrogens (tertiary/aromatic N) is 6. The highest BCUT2D eigenvalue weighted by Gasteiger charge is 2.21. The lowest BCUT2D eigenvalue weighted by molar-refractivity contribution is 0.0923. The average molecular weight is 1100 g/mol. The van der Waals surface area contributed by atoms with Crippen molar-refractivity contribution in [2.24, 2.45) is 0 Å². The molecule has 0 saturated carbocycles. The second-order valence-corrected chi connectivity index (χ2v) is 18.7. The smallest absolute Gasteiger partial charge is 0.235 e. The normalized spacial score (nSPS) is 11.2. The standard InChI is InChI=1S/C64H56N6O12/c1-73-51-14-7-10-43(36-51)41-79-63-59(71)53-16-3-5-18-57(53)81-61(63)45-20-24-49(25-21-45)77-34-32-75-30-28-69-39-55(65-67-69)47-12-9-13-48(38-47)56-40-70(68-66-56)29-31-76-33-35-78-50-26-22-46(23-27-50)62-64(60(72)54-17-4-6-19-58(54)82-62)80-42-44-11-8-15-52(37-44)74-2/h3-27,36-40H,28-35,41-42H2,1-2H3. The van der Waals surface area contributed by atoms with E-state index in [1.165, 1.54) is 0 Å². The van der Waals surface area contributed by atoms with E-state index < -0.39 is 0 Å². The second kappa shape index (κ2) is 25.8. The zero-order valence-electron chi connectivity index (χ0n) is 45.0. The summed E-state index contributed by atoms with van der Waals surface area (Å²) >= 11 is 0. The van der Waals surface area contributed by atoms with Crippen molar-refractivity contribution in [2.45, 2.75) is 26.3 Å². The van der Waals surface area contributed by atoms with Gasteiger partial charge in [0.25, 0.3) is 0 Å². The molecule has 4 aromatic heterocycles. The van der Waals surface area contributed by atoms with Gasteiger partial charge in [-0.1, -0.05) is 77.2 Å². The van der Waals surface area contributed by atoms with Crippen LogP contribution in [0.5, 0.6) is 34.5 Å². The van der Waals surface area contributed by atoms with Crippen molar-refractivity contribution in [3.8, 4) is 79.7 Å². The first-order chi connectivity index (χ1) is 40.3. The SMILES string of the molecule is COc1cccc(COc2c(-c3ccc(OCCOCCn4cc(-c5cccc(-c6cn(CCOCCOc7ccc(-c8oc9ccccc9c(=O)c8OCc8cccc(OC)c8)cc7)nn6)c5)nn4)cc3)oc3ccccc3c2=O)c1. The van der Waals surface area contributed by atoms with E-state index in [0.717, 1.165) is 22.3 Å². The molecule has 0 unspecified atom stereocenters. The highest BCUT2D eigenvalue weighted by Crippen LogP contribution is 2.35. The Morgan fingerprint density at radius 3 is 1.30 bits per heavy atom. The first-order valence-electron chi connectivity index (χ1n) is 26.5. The lowest BCUT2D eigenvalue weighted by Crippen LogP contribution is -2.12. The molecule has 0 fully saturated rings. The van der Waals surface area contributed by atoms with Crippen LogP contribution in [0.4, 0.5) is 0 Å². The summed E-state index contributed by atoms with van der Waals surface area (Å²) in [5.41, 5.74) is 6.65. The minimum atomic E-state index is -0.254. The van der Waals surface area contributed by atoms with Gasteiger partial charge in [-0.25, -0.2) is 9.36 Å². The number of benzene rings is 7. The third kappa shape index (κ3) is 13.0. The zero-order valence-corrected chi connectivity index (χ0v) is 45.0. The van der Waals surface area contributed by atoms with Gasteiger partial charge < -0.3 is 46.7 Å². The highest BCUT2D eigenvalue weighted by molar-refractivity contribution is 5.83. The first kappa shape index (κ1) is 53.9. The first-order valence-corrected chi connectivity index (χ1v) is 26.5. The summed E-state index contributed by atoms with van der Waals surface area (Å²) in [6.45, 7) is 3.46. The molecule has 0 spiro atoms. The zero-order chi connectivity index (χ0) is 56.0. The summed E-state index contributed by atoms with van der Waals surface area (Å²) in [4.78, 5) is 27.3. The van der Waals surface area contributed by atoms with Crippen molar-refractivity contribution < 1.29 is 46.7 Å². The van der Waals surface area contributed by atoms with Gasteiger partial charge in [-0.3, -0.25) is 9.59 Å². The van der Waals surface area contributed by atoms with Crippen LogP contribution >= 0.6 is 0 Å². The fraction of sp³-hybridized carbons (Fsp3) is 0.188. The largest absolute Gasteiger partial charge is 0.497 e. The molecular formula is C64H56N6O12. The Balaban J connectivity index is 0.606. The third-order valence-electron chi connectivity index (χ3n) is 13.2.